The van der Waals surface area contributed by atoms with Gasteiger partial charge in [0.2, 0.25) is 0 Å². The minimum atomic E-state index is 0.503. The Morgan fingerprint density at radius 1 is 1.20 bits per heavy atom. The fourth-order valence-electron chi connectivity index (χ4n) is 3.08. The first kappa shape index (κ1) is 13.8. The Morgan fingerprint density at radius 2 is 2.00 bits per heavy atom. The van der Waals surface area contributed by atoms with E-state index < -0.39 is 0 Å². The molecular formula is C16H25N3O. The van der Waals surface area contributed by atoms with Gasteiger partial charge in [0.15, 0.2) is 0 Å². The molecule has 0 bridgehead atoms. The first-order valence-electron chi connectivity index (χ1n) is 7.77. The fourth-order valence-corrected chi connectivity index (χ4v) is 3.08. The molecule has 1 atom stereocenters. The Kier molecular flexibility index (Phi) is 4.22. The molecule has 2 aliphatic heterocycles. The summed E-state index contributed by atoms with van der Waals surface area (Å²) in [4.78, 5) is 9.61. The second kappa shape index (κ2) is 6.10. The van der Waals surface area contributed by atoms with E-state index in [9.17, 15) is 0 Å². The molecule has 4 heteroatoms. The van der Waals surface area contributed by atoms with Gasteiger partial charge in [0, 0.05) is 44.5 Å². The monoisotopic (exact) mass is 275 g/mol. The third-order valence-electron chi connectivity index (χ3n) is 4.46. The average molecular weight is 275 g/mol. The van der Waals surface area contributed by atoms with Crippen LogP contribution in [0.1, 0.15) is 31.9 Å². The largest absolute Gasteiger partial charge is 0.380 e. The molecule has 0 amide bonds. The molecule has 0 radical (unpaired) electrons. The van der Waals surface area contributed by atoms with Crippen LogP contribution in [0.15, 0.2) is 18.3 Å². The van der Waals surface area contributed by atoms with Crippen LogP contribution in [-0.2, 0) is 4.74 Å². The van der Waals surface area contributed by atoms with Gasteiger partial charge in [-0.15, -0.1) is 0 Å². The lowest BCUT2D eigenvalue weighted by Gasteiger charge is -2.38. The molecule has 1 aromatic rings. The van der Waals surface area contributed by atoms with Crippen LogP contribution in [0.4, 0.5) is 5.69 Å². The van der Waals surface area contributed by atoms with E-state index in [1.165, 1.54) is 17.8 Å². The van der Waals surface area contributed by atoms with Gasteiger partial charge in [0.25, 0.3) is 0 Å². The average Bonchev–Trinajstić information content (AvgIpc) is 3.02. The molecule has 1 aromatic heterocycles. The molecule has 110 valence electrons. The van der Waals surface area contributed by atoms with Crippen molar-refractivity contribution in [3.63, 3.8) is 0 Å². The van der Waals surface area contributed by atoms with Crippen LogP contribution in [0.2, 0.25) is 0 Å². The lowest BCUT2D eigenvalue weighted by atomic mass is 10.1. The van der Waals surface area contributed by atoms with Gasteiger partial charge in [-0.3, -0.25) is 9.88 Å². The Labute approximate surface area is 121 Å². The molecule has 0 N–H and O–H groups in total. The van der Waals surface area contributed by atoms with E-state index in [0.717, 1.165) is 39.4 Å². The highest BCUT2D eigenvalue weighted by molar-refractivity contribution is 5.45. The van der Waals surface area contributed by atoms with Crippen molar-refractivity contribution in [1.82, 2.24) is 9.88 Å². The predicted octanol–water partition coefficient (Wildman–Crippen LogP) is 2.12. The molecule has 2 fully saturated rings. The van der Waals surface area contributed by atoms with Crippen molar-refractivity contribution in [3.8, 4) is 0 Å². The number of hydrogen-bond acceptors (Lipinski definition) is 4. The number of nitrogens with zero attached hydrogens (tertiary/aromatic N) is 3. The van der Waals surface area contributed by atoms with Crippen molar-refractivity contribution in [2.75, 3.05) is 44.3 Å². The Hall–Kier alpha value is -1.13. The van der Waals surface area contributed by atoms with Gasteiger partial charge < -0.3 is 9.64 Å². The smallest absolute Gasteiger partial charge is 0.0622 e. The van der Waals surface area contributed by atoms with Crippen LogP contribution >= 0.6 is 0 Å². The molecule has 0 spiro atoms. The van der Waals surface area contributed by atoms with Gasteiger partial charge in [-0.2, -0.15) is 0 Å². The van der Waals surface area contributed by atoms with E-state index in [1.807, 2.05) is 6.20 Å². The van der Waals surface area contributed by atoms with E-state index >= 15 is 0 Å². The van der Waals surface area contributed by atoms with Crippen molar-refractivity contribution in [1.29, 1.82) is 0 Å². The van der Waals surface area contributed by atoms with Crippen LogP contribution in [0.25, 0.3) is 0 Å². The van der Waals surface area contributed by atoms with Crippen LogP contribution in [-0.4, -0.2) is 55.3 Å². The summed E-state index contributed by atoms with van der Waals surface area (Å²) in [6.07, 6.45) is 3.23. The molecule has 1 unspecified atom stereocenters. The van der Waals surface area contributed by atoms with Gasteiger partial charge in [-0.05, 0) is 24.5 Å². The quantitative estimate of drug-likeness (QED) is 0.845. The molecule has 2 aliphatic rings. The van der Waals surface area contributed by atoms with Crippen molar-refractivity contribution in [2.45, 2.75) is 32.2 Å². The minimum Gasteiger partial charge on any atom is -0.380 e. The highest BCUT2D eigenvalue weighted by Gasteiger charge is 2.26. The maximum Gasteiger partial charge on any atom is 0.0622 e. The minimum absolute atomic E-state index is 0.503. The van der Waals surface area contributed by atoms with Gasteiger partial charge in [-0.1, -0.05) is 13.8 Å². The molecule has 0 saturated carbocycles. The second-order valence-corrected chi connectivity index (χ2v) is 6.14. The maximum absolute atomic E-state index is 5.49. The topological polar surface area (TPSA) is 28.6 Å². The van der Waals surface area contributed by atoms with Gasteiger partial charge in [-0.25, -0.2) is 0 Å². The molecule has 20 heavy (non-hydrogen) atoms. The number of hydrogen-bond donors (Lipinski definition) is 0. The summed E-state index contributed by atoms with van der Waals surface area (Å²) in [6, 6.07) is 5.03. The van der Waals surface area contributed by atoms with E-state index in [1.54, 1.807) is 0 Å². The van der Waals surface area contributed by atoms with Crippen LogP contribution < -0.4 is 4.90 Å². The predicted molar refractivity (Wildman–Crippen MR) is 81.3 cm³/mol. The molecular weight excluding hydrogens is 250 g/mol. The normalized spacial score (nSPS) is 24.6. The molecule has 0 aromatic carbocycles. The Balaban J connectivity index is 1.57. The lowest BCUT2D eigenvalue weighted by Crippen LogP contribution is -2.50. The third-order valence-corrected chi connectivity index (χ3v) is 4.46. The summed E-state index contributed by atoms with van der Waals surface area (Å²) in [7, 11) is 0. The molecule has 3 heterocycles. The maximum atomic E-state index is 5.49. The Bertz CT molecular complexity index is 418. The van der Waals surface area contributed by atoms with E-state index in [2.05, 4.69) is 40.8 Å². The SMILES string of the molecule is CC(C)c1ccc(N2CCN(C3CCOC3)CC2)cn1. The van der Waals surface area contributed by atoms with E-state index in [-0.39, 0.29) is 0 Å². The lowest BCUT2D eigenvalue weighted by molar-refractivity contribution is 0.139. The zero-order chi connectivity index (χ0) is 13.9. The number of pyridine rings is 1. The van der Waals surface area contributed by atoms with E-state index in [0.29, 0.717) is 12.0 Å². The van der Waals surface area contributed by atoms with Crippen molar-refractivity contribution in [3.05, 3.63) is 24.0 Å². The van der Waals surface area contributed by atoms with Gasteiger partial charge in [0.1, 0.15) is 0 Å². The van der Waals surface area contributed by atoms with Crippen molar-refractivity contribution >= 4 is 5.69 Å². The van der Waals surface area contributed by atoms with Crippen LogP contribution in [0.5, 0.6) is 0 Å². The summed E-state index contributed by atoms with van der Waals surface area (Å²) in [5, 5.41) is 0. The number of piperazine rings is 1. The first-order chi connectivity index (χ1) is 9.74. The zero-order valence-corrected chi connectivity index (χ0v) is 12.6. The van der Waals surface area contributed by atoms with E-state index in [4.69, 9.17) is 4.74 Å². The second-order valence-electron chi connectivity index (χ2n) is 6.14. The highest BCUT2D eigenvalue weighted by Crippen LogP contribution is 2.21. The number of rotatable bonds is 3. The molecule has 0 aliphatic carbocycles. The number of anilines is 1. The molecule has 3 rings (SSSR count). The zero-order valence-electron chi connectivity index (χ0n) is 12.6. The summed E-state index contributed by atoms with van der Waals surface area (Å²) < 4.78 is 5.49. The summed E-state index contributed by atoms with van der Waals surface area (Å²) in [5.74, 6) is 0.503. The first-order valence-corrected chi connectivity index (χ1v) is 7.77. The highest BCUT2D eigenvalue weighted by atomic mass is 16.5. The van der Waals surface area contributed by atoms with Crippen LogP contribution in [0, 0.1) is 0 Å². The third kappa shape index (κ3) is 2.96. The molecule has 2 saturated heterocycles. The fraction of sp³-hybridized carbons (Fsp3) is 0.688. The Morgan fingerprint density at radius 3 is 2.55 bits per heavy atom. The van der Waals surface area contributed by atoms with Gasteiger partial charge in [0.05, 0.1) is 18.5 Å². The van der Waals surface area contributed by atoms with Gasteiger partial charge >= 0.3 is 0 Å². The van der Waals surface area contributed by atoms with Crippen LogP contribution in [0.3, 0.4) is 0 Å². The number of ether oxygens (including phenoxy) is 1. The summed E-state index contributed by atoms with van der Waals surface area (Å²) >= 11 is 0. The molecule has 4 nitrogen and oxygen atoms in total. The summed E-state index contributed by atoms with van der Waals surface area (Å²) in [6.45, 7) is 10.7. The summed E-state index contributed by atoms with van der Waals surface area (Å²) in [5.41, 5.74) is 2.44. The standard InChI is InChI=1S/C16H25N3O/c1-13(2)16-4-3-14(11-17-16)18-6-8-19(9-7-18)15-5-10-20-12-15/h3-4,11,13,15H,5-10,12H2,1-2H3. The van der Waals surface area contributed by atoms with Crippen molar-refractivity contribution in [2.24, 2.45) is 0 Å². The van der Waals surface area contributed by atoms with Crippen molar-refractivity contribution < 1.29 is 4.74 Å². The number of aromatic nitrogens is 1.